The van der Waals surface area contributed by atoms with E-state index in [1.165, 1.54) is 34.8 Å². The van der Waals surface area contributed by atoms with Crippen molar-refractivity contribution in [3.63, 3.8) is 0 Å². The fourth-order valence-electron chi connectivity index (χ4n) is 4.36. The molecule has 0 radical (unpaired) electrons. The van der Waals surface area contributed by atoms with E-state index in [-0.39, 0.29) is 12.5 Å². The Hall–Kier alpha value is -2.57. The third-order valence-electron chi connectivity index (χ3n) is 6.06. The number of benzene rings is 1. The minimum Gasteiger partial charge on any atom is -0.369 e. The lowest BCUT2D eigenvalue weighted by Crippen LogP contribution is -2.48. The third kappa shape index (κ3) is 5.08. The summed E-state index contributed by atoms with van der Waals surface area (Å²) >= 11 is 1.52. The number of nitrogens with one attached hydrogen (secondary N) is 1. The molecule has 1 fully saturated rings. The molecular weight excluding hydrogens is 437 g/mol. The Bertz CT molecular complexity index is 1020. The number of hydrogen-bond acceptors (Lipinski definition) is 5. The number of nitriles is 1. The van der Waals surface area contributed by atoms with E-state index >= 15 is 0 Å². The predicted octanol–water partition coefficient (Wildman–Crippen LogP) is 4.67. The number of halogens is 3. The molecule has 9 heteroatoms. The number of nitrogens with zero attached hydrogens (tertiary/aromatic N) is 3. The van der Waals surface area contributed by atoms with Crippen molar-refractivity contribution in [2.24, 2.45) is 0 Å². The van der Waals surface area contributed by atoms with Crippen LogP contribution in [-0.4, -0.2) is 43.5 Å². The third-order valence-corrected chi connectivity index (χ3v) is 7.27. The molecule has 0 unspecified atom stereocenters. The van der Waals surface area contributed by atoms with E-state index in [2.05, 4.69) is 11.4 Å². The van der Waals surface area contributed by atoms with Gasteiger partial charge in [-0.2, -0.15) is 18.4 Å². The molecule has 1 N–H and O–H groups in total. The summed E-state index contributed by atoms with van der Waals surface area (Å²) in [4.78, 5) is 17.8. The average molecular weight is 463 g/mol. The molecule has 0 spiro atoms. The maximum atomic E-state index is 13.0. The fraction of sp³-hybridized carbons (Fsp3) is 0.478. The maximum absolute atomic E-state index is 13.0. The maximum Gasteiger partial charge on any atom is 0.416 e. The van der Waals surface area contributed by atoms with Gasteiger partial charge in [-0.1, -0.05) is 12.5 Å². The predicted molar refractivity (Wildman–Crippen MR) is 119 cm³/mol. The second kappa shape index (κ2) is 9.51. The molecule has 2 aliphatic rings. The van der Waals surface area contributed by atoms with Crippen LogP contribution in [-0.2, 0) is 23.8 Å². The molecule has 170 valence electrons. The number of alkyl halides is 3. The van der Waals surface area contributed by atoms with Gasteiger partial charge in [0.1, 0.15) is 11.1 Å². The number of carbonyl (C=O) groups excluding carboxylic acids is 1. The monoisotopic (exact) mass is 462 g/mol. The molecule has 1 aliphatic heterocycles. The van der Waals surface area contributed by atoms with Crippen molar-refractivity contribution in [2.75, 3.05) is 42.9 Å². The normalized spacial score (nSPS) is 17.4. The summed E-state index contributed by atoms with van der Waals surface area (Å²) in [5, 5.41) is 13.2. The van der Waals surface area contributed by atoms with E-state index < -0.39 is 11.7 Å². The first-order valence-corrected chi connectivity index (χ1v) is 11.7. The van der Waals surface area contributed by atoms with Crippen molar-refractivity contribution < 1.29 is 18.0 Å². The molecule has 1 aliphatic carbocycles. The Morgan fingerprint density at radius 3 is 2.59 bits per heavy atom. The van der Waals surface area contributed by atoms with Gasteiger partial charge < -0.3 is 10.2 Å². The van der Waals surface area contributed by atoms with Gasteiger partial charge in [0, 0.05) is 36.7 Å². The number of fused-ring (bicyclic) bond motifs is 1. The number of rotatable bonds is 4. The van der Waals surface area contributed by atoms with Gasteiger partial charge in [0.25, 0.3) is 0 Å². The summed E-state index contributed by atoms with van der Waals surface area (Å²) in [7, 11) is 0. The van der Waals surface area contributed by atoms with Crippen LogP contribution in [0.2, 0.25) is 0 Å². The lowest BCUT2D eigenvalue weighted by molar-refractivity contribution is -0.137. The standard InChI is InChI=1S/C23H25F3N4OS/c24-23(25,26)16-5-4-6-17(13-16)30-11-9-29(10-12-30)15-21(31)28-22-19(14-27)18-7-2-1-3-8-20(18)32-22/h4-6,13H,1-3,7-12,15H2,(H,28,31). The molecule has 1 aromatic carbocycles. The van der Waals surface area contributed by atoms with Crippen LogP contribution < -0.4 is 10.2 Å². The lowest BCUT2D eigenvalue weighted by atomic mass is 10.1. The highest BCUT2D eigenvalue weighted by Crippen LogP contribution is 2.37. The first-order chi connectivity index (χ1) is 15.3. The molecule has 2 heterocycles. The van der Waals surface area contributed by atoms with Gasteiger partial charge in [-0.15, -0.1) is 11.3 Å². The van der Waals surface area contributed by atoms with Crippen LogP contribution in [0.5, 0.6) is 0 Å². The van der Waals surface area contributed by atoms with Gasteiger partial charge in [0.2, 0.25) is 5.91 Å². The molecule has 1 aromatic heterocycles. The van der Waals surface area contributed by atoms with Gasteiger partial charge in [-0.25, -0.2) is 0 Å². The van der Waals surface area contributed by atoms with Crippen molar-refractivity contribution in [3.05, 3.63) is 45.8 Å². The molecule has 1 saturated heterocycles. The minimum atomic E-state index is -4.36. The van der Waals surface area contributed by atoms with Crippen molar-refractivity contribution in [2.45, 2.75) is 38.3 Å². The zero-order chi connectivity index (χ0) is 22.7. The zero-order valence-electron chi connectivity index (χ0n) is 17.7. The summed E-state index contributed by atoms with van der Waals surface area (Å²) in [5.74, 6) is -0.162. The molecule has 4 rings (SSSR count). The van der Waals surface area contributed by atoms with Crippen molar-refractivity contribution in [1.82, 2.24) is 4.90 Å². The van der Waals surface area contributed by atoms with Crippen LogP contribution in [0, 0.1) is 11.3 Å². The molecule has 1 amide bonds. The molecule has 0 saturated carbocycles. The van der Waals surface area contributed by atoms with E-state index in [0.29, 0.717) is 42.4 Å². The molecular formula is C23H25F3N4OS. The summed E-state index contributed by atoms with van der Waals surface area (Å²) in [6.45, 7) is 2.45. The Kier molecular flexibility index (Phi) is 6.72. The van der Waals surface area contributed by atoms with Crippen molar-refractivity contribution in [1.29, 1.82) is 5.26 Å². The molecule has 2 aromatic rings. The van der Waals surface area contributed by atoms with Crippen molar-refractivity contribution >= 4 is 27.9 Å². The quantitative estimate of drug-likeness (QED) is 0.671. The topological polar surface area (TPSA) is 59.4 Å². The Labute approximate surface area is 189 Å². The first kappa shape index (κ1) is 22.6. The van der Waals surface area contributed by atoms with Crippen molar-refractivity contribution in [3.8, 4) is 6.07 Å². The zero-order valence-corrected chi connectivity index (χ0v) is 18.5. The van der Waals surface area contributed by atoms with E-state index in [1.54, 1.807) is 6.07 Å². The summed E-state index contributed by atoms with van der Waals surface area (Å²) in [6.07, 6.45) is 0.840. The SMILES string of the molecule is N#Cc1c(NC(=O)CN2CCN(c3cccc(C(F)(F)F)c3)CC2)sc2c1CCCCC2. The number of hydrogen-bond donors (Lipinski definition) is 1. The van der Waals surface area contributed by atoms with Gasteiger partial charge in [-0.05, 0) is 49.4 Å². The Balaban J connectivity index is 1.33. The van der Waals surface area contributed by atoms with Crippen LogP contribution in [0.15, 0.2) is 24.3 Å². The minimum absolute atomic E-state index is 0.162. The van der Waals surface area contributed by atoms with Crippen LogP contribution in [0.4, 0.5) is 23.9 Å². The van der Waals surface area contributed by atoms with E-state index in [9.17, 15) is 23.2 Å². The lowest BCUT2D eigenvalue weighted by Gasteiger charge is -2.35. The number of aryl methyl sites for hydroxylation is 1. The fourth-order valence-corrected chi connectivity index (χ4v) is 5.62. The Morgan fingerprint density at radius 2 is 1.88 bits per heavy atom. The van der Waals surface area contributed by atoms with E-state index in [4.69, 9.17) is 0 Å². The first-order valence-electron chi connectivity index (χ1n) is 10.8. The summed E-state index contributed by atoms with van der Waals surface area (Å²) < 4.78 is 38.9. The second-order valence-corrected chi connectivity index (χ2v) is 9.35. The smallest absolute Gasteiger partial charge is 0.369 e. The molecule has 32 heavy (non-hydrogen) atoms. The van der Waals surface area contributed by atoms with Gasteiger partial charge in [0.15, 0.2) is 0 Å². The molecule has 5 nitrogen and oxygen atoms in total. The van der Waals surface area contributed by atoms with Crippen LogP contribution in [0.25, 0.3) is 0 Å². The van der Waals surface area contributed by atoms with E-state index in [1.807, 2.05) is 9.80 Å². The van der Waals surface area contributed by atoms with Crippen LogP contribution >= 0.6 is 11.3 Å². The molecule has 0 atom stereocenters. The summed E-state index contributed by atoms with van der Waals surface area (Å²) in [5.41, 5.74) is 1.59. The Morgan fingerprint density at radius 1 is 1.12 bits per heavy atom. The largest absolute Gasteiger partial charge is 0.416 e. The highest BCUT2D eigenvalue weighted by Gasteiger charge is 2.31. The van der Waals surface area contributed by atoms with Crippen LogP contribution in [0.1, 0.15) is 40.8 Å². The molecule has 0 bridgehead atoms. The van der Waals surface area contributed by atoms with Gasteiger partial charge >= 0.3 is 6.18 Å². The number of carbonyl (C=O) groups is 1. The highest BCUT2D eigenvalue weighted by atomic mass is 32.1. The van der Waals surface area contributed by atoms with E-state index in [0.717, 1.165) is 37.3 Å². The average Bonchev–Trinajstić information content (AvgIpc) is 2.92. The second-order valence-electron chi connectivity index (χ2n) is 8.24. The van der Waals surface area contributed by atoms with Gasteiger partial charge in [0.05, 0.1) is 17.7 Å². The van der Waals surface area contributed by atoms with Crippen LogP contribution in [0.3, 0.4) is 0 Å². The number of amides is 1. The number of thiophene rings is 1. The van der Waals surface area contributed by atoms with Gasteiger partial charge in [-0.3, -0.25) is 9.69 Å². The number of anilines is 2. The summed E-state index contributed by atoms with van der Waals surface area (Å²) in [6, 6.07) is 7.63. The highest BCUT2D eigenvalue weighted by molar-refractivity contribution is 7.16. The number of piperazine rings is 1.